The van der Waals surface area contributed by atoms with Crippen molar-refractivity contribution in [2.24, 2.45) is 5.92 Å². The van der Waals surface area contributed by atoms with Crippen LogP contribution in [0.5, 0.6) is 5.75 Å². The fourth-order valence-corrected chi connectivity index (χ4v) is 3.18. The molecule has 1 fully saturated rings. The number of benzene rings is 1. The van der Waals surface area contributed by atoms with Crippen molar-refractivity contribution in [2.75, 3.05) is 32.8 Å². The summed E-state index contributed by atoms with van der Waals surface area (Å²) in [5.41, 5.74) is 2.70. The first-order chi connectivity index (χ1) is 10.1. The summed E-state index contributed by atoms with van der Waals surface area (Å²) in [6.45, 7) is 10.7. The van der Waals surface area contributed by atoms with Gasteiger partial charge in [0.2, 0.25) is 0 Å². The smallest absolute Gasteiger partial charge is 0.119 e. The lowest BCUT2D eigenvalue weighted by molar-refractivity contribution is 0.107. The van der Waals surface area contributed by atoms with Crippen molar-refractivity contribution in [3.63, 3.8) is 0 Å². The number of piperidine rings is 1. The van der Waals surface area contributed by atoms with Crippen LogP contribution in [-0.2, 0) is 0 Å². The van der Waals surface area contributed by atoms with E-state index >= 15 is 0 Å². The molecule has 0 amide bonds. The van der Waals surface area contributed by atoms with Gasteiger partial charge in [-0.3, -0.25) is 4.90 Å². The van der Waals surface area contributed by atoms with Crippen LogP contribution in [0.4, 0.5) is 0 Å². The molecule has 1 aromatic rings. The molecule has 1 atom stereocenters. The first kappa shape index (κ1) is 16.3. The molecule has 0 aromatic heterocycles. The number of likely N-dealkylation sites (tertiary alicyclic amines) is 1. The molecule has 118 valence electrons. The van der Waals surface area contributed by atoms with Crippen molar-refractivity contribution in [1.29, 1.82) is 0 Å². The Morgan fingerprint density at radius 1 is 1.38 bits per heavy atom. The zero-order valence-corrected chi connectivity index (χ0v) is 13.6. The first-order valence-electron chi connectivity index (χ1n) is 8.16. The SMILES string of the molecule is Cc1cc(OCCN2CCCC(CO)C2)ccc1C(C)C. The van der Waals surface area contributed by atoms with E-state index in [0.717, 1.165) is 38.4 Å². The van der Waals surface area contributed by atoms with Gasteiger partial charge in [0.15, 0.2) is 0 Å². The van der Waals surface area contributed by atoms with Crippen LogP contribution in [0.15, 0.2) is 18.2 Å². The van der Waals surface area contributed by atoms with Crippen LogP contribution >= 0.6 is 0 Å². The zero-order valence-electron chi connectivity index (χ0n) is 13.6. The highest BCUT2D eigenvalue weighted by atomic mass is 16.5. The third-order valence-corrected chi connectivity index (χ3v) is 4.40. The van der Waals surface area contributed by atoms with E-state index in [2.05, 4.69) is 43.9 Å². The van der Waals surface area contributed by atoms with Crippen LogP contribution < -0.4 is 4.74 Å². The lowest BCUT2D eigenvalue weighted by Crippen LogP contribution is -2.39. The third kappa shape index (κ3) is 4.72. The van der Waals surface area contributed by atoms with E-state index in [9.17, 15) is 5.11 Å². The number of aliphatic hydroxyl groups excluding tert-OH is 1. The summed E-state index contributed by atoms with van der Waals surface area (Å²) >= 11 is 0. The van der Waals surface area contributed by atoms with Crippen molar-refractivity contribution >= 4 is 0 Å². The maximum atomic E-state index is 9.26. The molecule has 0 radical (unpaired) electrons. The molecule has 0 aliphatic carbocycles. The first-order valence-corrected chi connectivity index (χ1v) is 8.16. The van der Waals surface area contributed by atoms with Gasteiger partial charge in [-0.1, -0.05) is 19.9 Å². The topological polar surface area (TPSA) is 32.7 Å². The van der Waals surface area contributed by atoms with Gasteiger partial charge in [0.25, 0.3) is 0 Å². The van der Waals surface area contributed by atoms with Crippen LogP contribution in [0.2, 0.25) is 0 Å². The molecule has 3 heteroatoms. The van der Waals surface area contributed by atoms with Gasteiger partial charge in [-0.05, 0) is 61.4 Å². The number of aryl methyl sites for hydroxylation is 1. The highest BCUT2D eigenvalue weighted by molar-refractivity contribution is 5.36. The number of nitrogens with zero attached hydrogens (tertiary/aromatic N) is 1. The maximum Gasteiger partial charge on any atom is 0.119 e. The van der Waals surface area contributed by atoms with Crippen LogP contribution in [0, 0.1) is 12.8 Å². The third-order valence-electron chi connectivity index (χ3n) is 4.40. The molecule has 1 aliphatic rings. The Bertz CT molecular complexity index is 445. The summed E-state index contributed by atoms with van der Waals surface area (Å²) in [5.74, 6) is 1.97. The molecule has 1 saturated heterocycles. The summed E-state index contributed by atoms with van der Waals surface area (Å²) in [6, 6.07) is 6.40. The number of rotatable bonds is 6. The highest BCUT2D eigenvalue weighted by Crippen LogP contribution is 2.23. The lowest BCUT2D eigenvalue weighted by atomic mass is 9.98. The van der Waals surface area contributed by atoms with Gasteiger partial charge in [-0.25, -0.2) is 0 Å². The molecular weight excluding hydrogens is 262 g/mol. The van der Waals surface area contributed by atoms with E-state index in [1.165, 1.54) is 17.5 Å². The average molecular weight is 291 g/mol. The lowest BCUT2D eigenvalue weighted by Gasteiger charge is -2.31. The second-order valence-electron chi connectivity index (χ2n) is 6.51. The van der Waals surface area contributed by atoms with Crippen molar-refractivity contribution in [1.82, 2.24) is 4.90 Å². The highest BCUT2D eigenvalue weighted by Gasteiger charge is 2.18. The van der Waals surface area contributed by atoms with Crippen molar-refractivity contribution in [2.45, 2.75) is 39.5 Å². The molecule has 3 nitrogen and oxygen atoms in total. The predicted octanol–water partition coefficient (Wildman–Crippen LogP) is 3.20. The second-order valence-corrected chi connectivity index (χ2v) is 6.51. The molecule has 0 saturated carbocycles. The Morgan fingerprint density at radius 2 is 2.19 bits per heavy atom. The maximum absolute atomic E-state index is 9.26. The van der Waals surface area contributed by atoms with Gasteiger partial charge >= 0.3 is 0 Å². The Morgan fingerprint density at radius 3 is 2.86 bits per heavy atom. The van der Waals surface area contributed by atoms with Gasteiger partial charge in [0.05, 0.1) is 0 Å². The molecule has 1 heterocycles. The second kappa shape index (κ2) is 7.81. The van der Waals surface area contributed by atoms with E-state index in [-0.39, 0.29) is 0 Å². The Balaban J connectivity index is 1.79. The van der Waals surface area contributed by atoms with Crippen LogP contribution in [0.1, 0.15) is 43.7 Å². The van der Waals surface area contributed by atoms with Crippen molar-refractivity contribution < 1.29 is 9.84 Å². The molecule has 0 spiro atoms. The fourth-order valence-electron chi connectivity index (χ4n) is 3.18. The average Bonchev–Trinajstić information content (AvgIpc) is 2.47. The molecule has 0 bridgehead atoms. The largest absolute Gasteiger partial charge is 0.492 e. The van der Waals surface area contributed by atoms with Gasteiger partial charge in [-0.2, -0.15) is 0 Å². The van der Waals surface area contributed by atoms with Crippen LogP contribution in [0.3, 0.4) is 0 Å². The fraction of sp³-hybridized carbons (Fsp3) is 0.667. The van der Waals surface area contributed by atoms with E-state index in [1.54, 1.807) is 0 Å². The van der Waals surface area contributed by atoms with E-state index in [4.69, 9.17) is 4.74 Å². The minimum Gasteiger partial charge on any atom is -0.492 e. The molecule has 1 unspecified atom stereocenters. The van der Waals surface area contributed by atoms with E-state index in [0.29, 0.717) is 18.4 Å². The monoisotopic (exact) mass is 291 g/mol. The van der Waals surface area contributed by atoms with Gasteiger partial charge in [-0.15, -0.1) is 0 Å². The van der Waals surface area contributed by atoms with Gasteiger partial charge in [0, 0.05) is 19.7 Å². The summed E-state index contributed by atoms with van der Waals surface area (Å²) < 4.78 is 5.89. The summed E-state index contributed by atoms with van der Waals surface area (Å²) in [4.78, 5) is 2.40. The minimum atomic E-state index is 0.313. The quantitative estimate of drug-likeness (QED) is 0.873. The van der Waals surface area contributed by atoms with E-state index < -0.39 is 0 Å². The normalized spacial score (nSPS) is 20.0. The van der Waals surface area contributed by atoms with Crippen molar-refractivity contribution in [3.8, 4) is 5.75 Å². The summed E-state index contributed by atoms with van der Waals surface area (Å²) in [7, 11) is 0. The molecule has 1 N–H and O–H groups in total. The predicted molar refractivity (Wildman–Crippen MR) is 87.0 cm³/mol. The number of aliphatic hydroxyl groups is 1. The van der Waals surface area contributed by atoms with Gasteiger partial charge < -0.3 is 9.84 Å². The molecule has 1 aromatic carbocycles. The zero-order chi connectivity index (χ0) is 15.2. The molecule has 2 rings (SSSR count). The summed E-state index contributed by atoms with van der Waals surface area (Å²) in [6.07, 6.45) is 2.34. The molecule has 1 aliphatic heterocycles. The van der Waals surface area contributed by atoms with Crippen LogP contribution in [0.25, 0.3) is 0 Å². The molecular formula is C18H29NO2. The summed E-state index contributed by atoms with van der Waals surface area (Å²) in [5, 5.41) is 9.26. The molecule has 21 heavy (non-hydrogen) atoms. The Hall–Kier alpha value is -1.06. The van der Waals surface area contributed by atoms with E-state index in [1.807, 2.05) is 0 Å². The number of hydrogen-bond donors (Lipinski definition) is 1. The van der Waals surface area contributed by atoms with Crippen molar-refractivity contribution in [3.05, 3.63) is 29.3 Å². The van der Waals surface area contributed by atoms with Gasteiger partial charge in [0.1, 0.15) is 12.4 Å². The minimum absolute atomic E-state index is 0.313. The Labute approximate surface area is 128 Å². The number of ether oxygens (including phenoxy) is 1. The number of hydrogen-bond acceptors (Lipinski definition) is 3. The Kier molecular flexibility index (Phi) is 6.07. The standard InChI is InChI=1S/C18H29NO2/c1-14(2)18-7-6-17(11-15(18)3)21-10-9-19-8-4-5-16(12-19)13-20/h6-7,11,14,16,20H,4-5,8-10,12-13H2,1-3H3. The van der Waals surface area contributed by atoms with Crippen LogP contribution in [-0.4, -0.2) is 42.9 Å².